The summed E-state index contributed by atoms with van der Waals surface area (Å²) in [5, 5.41) is 4.23. The fraction of sp³-hybridized carbons (Fsp3) is 0.300. The van der Waals surface area contributed by atoms with Gasteiger partial charge in [0.15, 0.2) is 9.84 Å². The molecule has 2 N–H and O–H groups in total. The number of amides is 2. The Labute approximate surface area is 170 Å². The van der Waals surface area contributed by atoms with Gasteiger partial charge in [0.1, 0.15) is 11.0 Å². The van der Waals surface area contributed by atoms with Crippen LogP contribution in [0.5, 0.6) is 0 Å². The quantitative estimate of drug-likeness (QED) is 0.711. The van der Waals surface area contributed by atoms with Gasteiger partial charge in [-0.05, 0) is 50.1 Å². The van der Waals surface area contributed by atoms with Gasteiger partial charge in [0.05, 0.1) is 0 Å². The summed E-state index contributed by atoms with van der Waals surface area (Å²) in [5.74, 6) is -2.15. The molecule has 0 fully saturated rings. The molecule has 0 heterocycles. The Morgan fingerprint density at radius 3 is 2.29 bits per heavy atom. The van der Waals surface area contributed by atoms with Crippen LogP contribution in [-0.4, -0.2) is 31.2 Å². The van der Waals surface area contributed by atoms with E-state index in [1.807, 2.05) is 6.92 Å². The molecule has 8 heteroatoms. The highest BCUT2D eigenvalue weighted by molar-refractivity contribution is 7.93. The summed E-state index contributed by atoms with van der Waals surface area (Å²) in [5.41, 5.74) is 2.71. The molecular weight excluding hydrogens is 400 g/mol. The molecule has 0 radical (unpaired) electrons. The Hall–Kier alpha value is -2.38. The molecular formula is C20H23ClN2O4S. The van der Waals surface area contributed by atoms with Crippen LogP contribution in [0.2, 0.25) is 5.02 Å². The Morgan fingerprint density at radius 2 is 1.68 bits per heavy atom. The van der Waals surface area contributed by atoms with E-state index in [1.54, 1.807) is 56.3 Å². The monoisotopic (exact) mass is 422 g/mol. The molecule has 6 nitrogen and oxygen atoms in total. The largest absolute Gasteiger partial charge is 0.325 e. The highest BCUT2D eigenvalue weighted by atomic mass is 35.5. The highest BCUT2D eigenvalue weighted by Gasteiger charge is 2.33. The number of hydrogen-bond acceptors (Lipinski definition) is 4. The normalized spacial score (nSPS) is 12.3. The fourth-order valence-corrected chi connectivity index (χ4v) is 4.37. The summed E-state index contributed by atoms with van der Waals surface area (Å²) in [4.78, 5) is 24.7. The lowest BCUT2D eigenvalue weighted by atomic mass is 10.2. The summed E-state index contributed by atoms with van der Waals surface area (Å²) in [6.45, 7) is 5.27. The smallest absolute Gasteiger partial charge is 0.242 e. The van der Waals surface area contributed by atoms with Gasteiger partial charge in [0, 0.05) is 16.4 Å². The lowest BCUT2D eigenvalue weighted by Gasteiger charge is -2.17. The number of rotatable bonds is 7. The molecule has 1 atom stereocenters. The lowest BCUT2D eigenvalue weighted by Crippen LogP contribution is -2.39. The van der Waals surface area contributed by atoms with Crippen LogP contribution in [0.3, 0.4) is 0 Å². The summed E-state index contributed by atoms with van der Waals surface area (Å²) < 4.78 is 25.3. The first-order chi connectivity index (χ1) is 13.1. The van der Waals surface area contributed by atoms with Crippen molar-refractivity contribution in [3.05, 3.63) is 58.6 Å². The standard InChI is InChI=1S/C20H23ClN2O4S/c1-4-18(20(25)23-17-11-15(21)8-7-14(17)3)28(26,27)12-19(24)22-16-9-5-13(2)6-10-16/h5-11,18H,4,12H2,1-3H3,(H,22,24)(H,23,25). The first-order valence-electron chi connectivity index (χ1n) is 8.77. The molecule has 0 saturated heterocycles. The van der Waals surface area contributed by atoms with Crippen molar-refractivity contribution in [1.29, 1.82) is 0 Å². The zero-order valence-corrected chi connectivity index (χ0v) is 17.5. The van der Waals surface area contributed by atoms with Gasteiger partial charge in [-0.1, -0.05) is 42.3 Å². The molecule has 28 heavy (non-hydrogen) atoms. The van der Waals surface area contributed by atoms with Crippen molar-refractivity contribution in [2.24, 2.45) is 0 Å². The molecule has 0 bridgehead atoms. The number of halogens is 1. The Bertz CT molecular complexity index is 972. The van der Waals surface area contributed by atoms with Crippen LogP contribution in [-0.2, 0) is 19.4 Å². The van der Waals surface area contributed by atoms with E-state index in [9.17, 15) is 18.0 Å². The number of nitrogens with one attached hydrogen (secondary N) is 2. The van der Waals surface area contributed by atoms with Gasteiger partial charge < -0.3 is 10.6 Å². The molecule has 0 aliphatic heterocycles. The average Bonchev–Trinajstić information content (AvgIpc) is 2.60. The molecule has 0 aromatic heterocycles. The van der Waals surface area contributed by atoms with Crippen LogP contribution in [0, 0.1) is 13.8 Å². The number of sulfone groups is 1. The predicted octanol–water partition coefficient (Wildman–Crippen LogP) is 3.73. The number of carbonyl (C=O) groups is 2. The summed E-state index contributed by atoms with van der Waals surface area (Å²) >= 11 is 5.94. The molecule has 2 rings (SSSR count). The second-order valence-electron chi connectivity index (χ2n) is 6.57. The zero-order chi connectivity index (χ0) is 20.9. The van der Waals surface area contributed by atoms with Gasteiger partial charge in [-0.3, -0.25) is 9.59 Å². The van der Waals surface area contributed by atoms with E-state index >= 15 is 0 Å². The van der Waals surface area contributed by atoms with Gasteiger partial charge in [-0.15, -0.1) is 0 Å². The van der Waals surface area contributed by atoms with Gasteiger partial charge in [-0.25, -0.2) is 8.42 Å². The lowest BCUT2D eigenvalue weighted by molar-refractivity contribution is -0.115. The van der Waals surface area contributed by atoms with Crippen molar-refractivity contribution < 1.29 is 18.0 Å². The zero-order valence-electron chi connectivity index (χ0n) is 16.0. The van der Waals surface area contributed by atoms with Crippen LogP contribution >= 0.6 is 11.6 Å². The van der Waals surface area contributed by atoms with Crippen molar-refractivity contribution in [2.75, 3.05) is 16.4 Å². The molecule has 2 aromatic carbocycles. The van der Waals surface area contributed by atoms with Gasteiger partial charge in [-0.2, -0.15) is 0 Å². The van der Waals surface area contributed by atoms with Crippen LogP contribution in [0.1, 0.15) is 24.5 Å². The maximum Gasteiger partial charge on any atom is 0.242 e. The van der Waals surface area contributed by atoms with Crippen molar-refractivity contribution in [2.45, 2.75) is 32.4 Å². The van der Waals surface area contributed by atoms with Crippen LogP contribution in [0.15, 0.2) is 42.5 Å². The van der Waals surface area contributed by atoms with E-state index in [-0.39, 0.29) is 6.42 Å². The minimum Gasteiger partial charge on any atom is -0.325 e. The van der Waals surface area contributed by atoms with E-state index in [1.165, 1.54) is 0 Å². The summed E-state index contributed by atoms with van der Waals surface area (Å²) in [6.07, 6.45) is 0.0472. The highest BCUT2D eigenvalue weighted by Crippen LogP contribution is 2.21. The molecule has 2 amide bonds. The Kier molecular flexibility index (Phi) is 7.21. The van der Waals surface area contributed by atoms with E-state index in [2.05, 4.69) is 10.6 Å². The first-order valence-corrected chi connectivity index (χ1v) is 10.9. The maximum absolute atomic E-state index is 12.7. The molecule has 2 aromatic rings. The SMILES string of the molecule is CCC(C(=O)Nc1cc(Cl)ccc1C)S(=O)(=O)CC(=O)Nc1ccc(C)cc1. The Morgan fingerprint density at radius 1 is 1.04 bits per heavy atom. The van der Waals surface area contributed by atoms with Crippen LogP contribution in [0.4, 0.5) is 11.4 Å². The minimum absolute atomic E-state index is 0.0472. The van der Waals surface area contributed by atoms with E-state index in [0.717, 1.165) is 11.1 Å². The molecule has 1 unspecified atom stereocenters. The second-order valence-corrected chi connectivity index (χ2v) is 9.19. The molecule has 150 valence electrons. The minimum atomic E-state index is -4.00. The van der Waals surface area contributed by atoms with E-state index in [0.29, 0.717) is 16.4 Å². The van der Waals surface area contributed by atoms with Crippen molar-refractivity contribution >= 4 is 44.6 Å². The van der Waals surface area contributed by atoms with Gasteiger partial charge in [0.25, 0.3) is 0 Å². The second kappa shape index (κ2) is 9.21. The summed E-state index contributed by atoms with van der Waals surface area (Å²) in [7, 11) is -4.00. The molecule has 0 aliphatic carbocycles. The molecule has 0 saturated carbocycles. The average molecular weight is 423 g/mol. The number of carbonyl (C=O) groups excluding carboxylic acids is 2. The van der Waals surface area contributed by atoms with E-state index in [4.69, 9.17) is 11.6 Å². The van der Waals surface area contributed by atoms with Crippen molar-refractivity contribution in [3.8, 4) is 0 Å². The third-order valence-electron chi connectivity index (χ3n) is 4.22. The third kappa shape index (κ3) is 5.81. The summed E-state index contributed by atoms with van der Waals surface area (Å²) in [6, 6.07) is 11.9. The fourth-order valence-electron chi connectivity index (χ4n) is 2.66. The number of anilines is 2. The van der Waals surface area contributed by atoms with E-state index < -0.39 is 32.7 Å². The third-order valence-corrected chi connectivity index (χ3v) is 6.54. The van der Waals surface area contributed by atoms with Crippen molar-refractivity contribution in [1.82, 2.24) is 0 Å². The first kappa shape index (κ1) is 21.9. The van der Waals surface area contributed by atoms with Crippen molar-refractivity contribution in [3.63, 3.8) is 0 Å². The molecule has 0 aliphatic rings. The number of benzene rings is 2. The van der Waals surface area contributed by atoms with Crippen LogP contribution < -0.4 is 10.6 Å². The van der Waals surface area contributed by atoms with Gasteiger partial charge in [0.2, 0.25) is 11.8 Å². The Balaban J connectivity index is 2.10. The van der Waals surface area contributed by atoms with Gasteiger partial charge >= 0.3 is 0 Å². The maximum atomic E-state index is 12.7. The number of hydrogen-bond donors (Lipinski definition) is 2. The van der Waals surface area contributed by atoms with Crippen LogP contribution in [0.25, 0.3) is 0 Å². The topological polar surface area (TPSA) is 92.3 Å². The predicted molar refractivity (Wildman–Crippen MR) is 112 cm³/mol. The number of aryl methyl sites for hydroxylation is 2. The molecule has 0 spiro atoms.